The van der Waals surface area contributed by atoms with Gasteiger partial charge in [-0.3, -0.25) is 0 Å². The van der Waals surface area contributed by atoms with E-state index in [1.165, 1.54) is 18.2 Å². The molecule has 0 spiro atoms. The van der Waals surface area contributed by atoms with Crippen LogP contribution in [0, 0.1) is 19.7 Å². The predicted molar refractivity (Wildman–Crippen MR) is 69.3 cm³/mol. The van der Waals surface area contributed by atoms with Gasteiger partial charge in [0.1, 0.15) is 5.75 Å². The van der Waals surface area contributed by atoms with Crippen LogP contribution < -0.4 is 4.74 Å². The lowest BCUT2D eigenvalue weighted by Crippen LogP contribution is -1.98. The van der Waals surface area contributed by atoms with E-state index in [1.807, 2.05) is 0 Å². The van der Waals surface area contributed by atoms with Crippen LogP contribution in [0.2, 0.25) is 0 Å². The van der Waals surface area contributed by atoms with Crippen LogP contribution in [0.5, 0.6) is 11.5 Å². The molecular formula is C15H13FO3. The van der Waals surface area contributed by atoms with E-state index in [0.29, 0.717) is 11.3 Å². The monoisotopic (exact) mass is 260 g/mol. The molecule has 0 aliphatic carbocycles. The van der Waals surface area contributed by atoms with Gasteiger partial charge in [-0.25, -0.2) is 9.18 Å². The summed E-state index contributed by atoms with van der Waals surface area (Å²) in [6.07, 6.45) is 0. The van der Waals surface area contributed by atoms with E-state index in [4.69, 9.17) is 9.84 Å². The Morgan fingerprint density at radius 1 is 1.11 bits per heavy atom. The fourth-order valence-corrected chi connectivity index (χ4v) is 1.66. The molecule has 0 aromatic heterocycles. The molecule has 0 fully saturated rings. The fourth-order valence-electron chi connectivity index (χ4n) is 1.66. The van der Waals surface area contributed by atoms with Gasteiger partial charge in [0, 0.05) is 0 Å². The van der Waals surface area contributed by atoms with Gasteiger partial charge in [0.05, 0.1) is 5.56 Å². The average molecular weight is 260 g/mol. The SMILES string of the molecule is Cc1ccc(C(=O)O)cc1Oc1cccc(C)c1F. The van der Waals surface area contributed by atoms with Crippen LogP contribution in [0.25, 0.3) is 0 Å². The standard InChI is InChI=1S/C15H13FO3/c1-9-6-7-11(15(17)18)8-13(9)19-12-5-3-4-10(2)14(12)16/h3-8H,1-2H3,(H,17,18). The molecule has 0 radical (unpaired) electrons. The molecule has 0 amide bonds. The van der Waals surface area contributed by atoms with Gasteiger partial charge >= 0.3 is 5.97 Å². The summed E-state index contributed by atoms with van der Waals surface area (Å²) in [4.78, 5) is 10.9. The normalized spacial score (nSPS) is 10.3. The molecular weight excluding hydrogens is 247 g/mol. The van der Waals surface area contributed by atoms with Gasteiger partial charge in [-0.15, -0.1) is 0 Å². The molecule has 0 aliphatic heterocycles. The molecule has 4 heteroatoms. The van der Waals surface area contributed by atoms with Gasteiger partial charge < -0.3 is 9.84 Å². The minimum absolute atomic E-state index is 0.0886. The van der Waals surface area contributed by atoms with Crippen molar-refractivity contribution in [1.82, 2.24) is 0 Å². The summed E-state index contributed by atoms with van der Waals surface area (Å²) in [5.41, 5.74) is 1.32. The number of carboxylic acid groups (broad SMARTS) is 1. The van der Waals surface area contributed by atoms with E-state index in [1.54, 1.807) is 32.0 Å². The maximum atomic E-state index is 13.8. The Hall–Kier alpha value is -2.36. The number of carbonyl (C=O) groups is 1. The first-order chi connectivity index (χ1) is 8.99. The number of rotatable bonds is 3. The predicted octanol–water partition coefficient (Wildman–Crippen LogP) is 3.93. The zero-order valence-electron chi connectivity index (χ0n) is 10.6. The highest BCUT2D eigenvalue weighted by atomic mass is 19.1. The third-order valence-electron chi connectivity index (χ3n) is 2.81. The zero-order chi connectivity index (χ0) is 14.0. The van der Waals surface area contributed by atoms with Crippen LogP contribution in [-0.2, 0) is 0 Å². The Kier molecular flexibility index (Phi) is 3.51. The number of ether oxygens (including phenoxy) is 1. The molecule has 2 aromatic rings. The van der Waals surface area contributed by atoms with E-state index >= 15 is 0 Å². The minimum atomic E-state index is -1.05. The van der Waals surface area contributed by atoms with Crippen molar-refractivity contribution in [3.63, 3.8) is 0 Å². The Balaban J connectivity index is 2.40. The van der Waals surface area contributed by atoms with Crippen LogP contribution in [0.4, 0.5) is 4.39 Å². The molecule has 2 rings (SSSR count). The quantitative estimate of drug-likeness (QED) is 0.909. The van der Waals surface area contributed by atoms with Crippen molar-refractivity contribution in [1.29, 1.82) is 0 Å². The van der Waals surface area contributed by atoms with Crippen molar-refractivity contribution in [2.24, 2.45) is 0 Å². The fraction of sp³-hybridized carbons (Fsp3) is 0.133. The first-order valence-electron chi connectivity index (χ1n) is 5.76. The number of halogens is 1. The maximum Gasteiger partial charge on any atom is 0.335 e. The van der Waals surface area contributed by atoms with Crippen molar-refractivity contribution < 1.29 is 19.0 Å². The van der Waals surface area contributed by atoms with Crippen LogP contribution in [0.15, 0.2) is 36.4 Å². The first kappa shape index (κ1) is 13.1. The summed E-state index contributed by atoms with van der Waals surface area (Å²) >= 11 is 0. The topological polar surface area (TPSA) is 46.5 Å². The van der Waals surface area contributed by atoms with Gasteiger partial charge in [0.25, 0.3) is 0 Å². The molecule has 0 heterocycles. The second-order valence-corrected chi connectivity index (χ2v) is 4.27. The number of benzene rings is 2. The molecule has 1 N–H and O–H groups in total. The van der Waals surface area contributed by atoms with Crippen molar-refractivity contribution in [3.8, 4) is 11.5 Å². The molecule has 0 bridgehead atoms. The number of carboxylic acids is 1. The molecule has 0 unspecified atom stereocenters. The lowest BCUT2D eigenvalue weighted by Gasteiger charge is -2.11. The molecule has 0 saturated heterocycles. The Bertz CT molecular complexity index is 635. The molecule has 19 heavy (non-hydrogen) atoms. The molecule has 0 saturated carbocycles. The second kappa shape index (κ2) is 5.10. The number of aryl methyl sites for hydroxylation is 2. The molecule has 2 aromatic carbocycles. The Morgan fingerprint density at radius 2 is 1.84 bits per heavy atom. The summed E-state index contributed by atoms with van der Waals surface area (Å²) in [5.74, 6) is -1.06. The average Bonchev–Trinajstić information content (AvgIpc) is 2.37. The van der Waals surface area contributed by atoms with Gasteiger partial charge in [0.15, 0.2) is 11.6 Å². The van der Waals surface area contributed by atoms with Crippen LogP contribution in [0.1, 0.15) is 21.5 Å². The summed E-state index contributed by atoms with van der Waals surface area (Å²) in [6.45, 7) is 3.41. The third kappa shape index (κ3) is 2.73. The first-order valence-corrected chi connectivity index (χ1v) is 5.76. The van der Waals surface area contributed by atoms with Crippen molar-refractivity contribution in [2.45, 2.75) is 13.8 Å². The number of hydrogen-bond donors (Lipinski definition) is 1. The van der Waals surface area contributed by atoms with Crippen molar-refractivity contribution in [3.05, 3.63) is 58.9 Å². The van der Waals surface area contributed by atoms with Gasteiger partial charge in [-0.05, 0) is 43.2 Å². The van der Waals surface area contributed by atoms with E-state index < -0.39 is 11.8 Å². The second-order valence-electron chi connectivity index (χ2n) is 4.27. The Morgan fingerprint density at radius 3 is 2.53 bits per heavy atom. The minimum Gasteiger partial charge on any atom is -0.478 e. The summed E-state index contributed by atoms with van der Waals surface area (Å²) in [6, 6.07) is 9.34. The van der Waals surface area contributed by atoms with Crippen molar-refractivity contribution >= 4 is 5.97 Å². The van der Waals surface area contributed by atoms with Gasteiger partial charge in [-0.1, -0.05) is 18.2 Å². The lowest BCUT2D eigenvalue weighted by molar-refractivity contribution is 0.0696. The lowest BCUT2D eigenvalue weighted by atomic mass is 10.1. The number of hydrogen-bond acceptors (Lipinski definition) is 2. The van der Waals surface area contributed by atoms with Crippen molar-refractivity contribution in [2.75, 3.05) is 0 Å². The van der Waals surface area contributed by atoms with Crippen LogP contribution >= 0.6 is 0 Å². The summed E-state index contributed by atoms with van der Waals surface area (Å²) in [5, 5.41) is 8.94. The molecule has 0 aliphatic rings. The van der Waals surface area contributed by atoms with E-state index in [9.17, 15) is 9.18 Å². The largest absolute Gasteiger partial charge is 0.478 e. The van der Waals surface area contributed by atoms with Crippen LogP contribution in [0.3, 0.4) is 0 Å². The number of aromatic carboxylic acids is 1. The van der Waals surface area contributed by atoms with Crippen LogP contribution in [-0.4, -0.2) is 11.1 Å². The third-order valence-corrected chi connectivity index (χ3v) is 2.81. The zero-order valence-corrected chi connectivity index (χ0v) is 10.6. The van der Waals surface area contributed by atoms with Gasteiger partial charge in [-0.2, -0.15) is 0 Å². The molecule has 3 nitrogen and oxygen atoms in total. The molecule has 98 valence electrons. The molecule has 0 atom stereocenters. The van der Waals surface area contributed by atoms with E-state index in [2.05, 4.69) is 0 Å². The summed E-state index contributed by atoms with van der Waals surface area (Å²) in [7, 11) is 0. The maximum absolute atomic E-state index is 13.8. The van der Waals surface area contributed by atoms with E-state index in [-0.39, 0.29) is 11.3 Å². The highest BCUT2D eigenvalue weighted by molar-refractivity contribution is 5.88. The van der Waals surface area contributed by atoms with E-state index in [0.717, 1.165) is 5.56 Å². The highest BCUT2D eigenvalue weighted by Gasteiger charge is 2.11. The van der Waals surface area contributed by atoms with Gasteiger partial charge in [0.2, 0.25) is 0 Å². The smallest absolute Gasteiger partial charge is 0.335 e. The summed E-state index contributed by atoms with van der Waals surface area (Å²) < 4.78 is 19.3. The Labute approximate surface area is 110 Å². The highest BCUT2D eigenvalue weighted by Crippen LogP contribution is 2.29.